The van der Waals surface area contributed by atoms with Crippen molar-refractivity contribution >= 4 is 22.9 Å². The smallest absolute Gasteiger partial charge is 0.369 e. The number of ketones is 1. The number of aromatic amines is 1. The lowest BCUT2D eigenvalue weighted by Crippen LogP contribution is -2.26. The van der Waals surface area contributed by atoms with Gasteiger partial charge in [0.2, 0.25) is 5.78 Å². The van der Waals surface area contributed by atoms with E-state index in [9.17, 15) is 14.7 Å². The second-order valence-electron chi connectivity index (χ2n) is 4.41. The summed E-state index contributed by atoms with van der Waals surface area (Å²) >= 11 is 0. The van der Waals surface area contributed by atoms with E-state index >= 15 is 0 Å². The molecule has 0 amide bonds. The summed E-state index contributed by atoms with van der Waals surface area (Å²) in [7, 11) is 0. The molecule has 1 aromatic carbocycles. The highest BCUT2D eigenvalue weighted by Crippen LogP contribution is 2.20. The molecule has 0 saturated heterocycles. The number of nitrogens with zero attached hydrogens (tertiary/aromatic N) is 1. The number of aryl methyl sites for hydroxylation is 1. The molecule has 1 aliphatic rings. The number of hydrogen-bond donors (Lipinski definition) is 1. The molecule has 0 radical (unpaired) electrons. The van der Waals surface area contributed by atoms with Gasteiger partial charge in [-0.15, -0.1) is 0 Å². The van der Waals surface area contributed by atoms with Crippen molar-refractivity contribution in [2.24, 2.45) is 4.99 Å². The second kappa shape index (κ2) is 4.34. The monoisotopic (exact) mass is 269 g/mol. The minimum absolute atomic E-state index is 0.0711. The third-order valence-corrected chi connectivity index (χ3v) is 2.96. The zero-order valence-corrected chi connectivity index (χ0v) is 10.5. The third-order valence-electron chi connectivity index (χ3n) is 2.96. The molecule has 1 aromatic heterocycles. The Morgan fingerprint density at radius 2 is 1.90 bits per heavy atom. The molecule has 0 bridgehead atoms. The molecule has 1 N–H and O–H groups in total. The van der Waals surface area contributed by atoms with Crippen molar-refractivity contribution in [3.8, 4) is 0 Å². The standard InChI is InChI=1S/C14H10N2O4/c1-7-2-4-8(5-3-7)15-9-6-10(17)12-11(13(9)18)14(19)20-16-12/h2-6,16-17H,1H3/p-1. The SMILES string of the molecule is Cc1ccc(N=C2C=C([O-])c3[nH]oc(=O)c3C2=O)cc1. The number of Topliss-reactive ketones (excluding diaryl/α,β-unsaturated/α-hetero) is 1. The number of rotatable bonds is 1. The van der Waals surface area contributed by atoms with Crippen LogP contribution in [0.15, 0.2) is 44.7 Å². The highest BCUT2D eigenvalue weighted by molar-refractivity contribution is 6.52. The normalized spacial score (nSPS) is 16.1. The summed E-state index contributed by atoms with van der Waals surface area (Å²) < 4.78 is 4.48. The minimum atomic E-state index is -0.858. The molecular weight excluding hydrogens is 260 g/mol. The topological polar surface area (TPSA) is 98.5 Å². The molecule has 3 rings (SSSR count). The summed E-state index contributed by atoms with van der Waals surface area (Å²) in [6.45, 7) is 1.93. The largest absolute Gasteiger partial charge is 0.871 e. The van der Waals surface area contributed by atoms with Gasteiger partial charge < -0.3 is 9.63 Å². The van der Waals surface area contributed by atoms with Gasteiger partial charge in [0.05, 0.1) is 11.4 Å². The van der Waals surface area contributed by atoms with E-state index in [4.69, 9.17) is 0 Å². The third kappa shape index (κ3) is 1.87. The predicted molar refractivity (Wildman–Crippen MR) is 69.9 cm³/mol. The Morgan fingerprint density at radius 3 is 2.60 bits per heavy atom. The van der Waals surface area contributed by atoms with E-state index in [1.54, 1.807) is 12.1 Å². The molecule has 0 atom stereocenters. The molecule has 0 saturated carbocycles. The van der Waals surface area contributed by atoms with Crippen LogP contribution >= 0.6 is 0 Å². The Balaban J connectivity index is 2.10. The van der Waals surface area contributed by atoms with Gasteiger partial charge in [-0.1, -0.05) is 23.5 Å². The average molecular weight is 269 g/mol. The van der Waals surface area contributed by atoms with Crippen LogP contribution in [-0.4, -0.2) is 16.7 Å². The number of fused-ring (bicyclic) bond motifs is 1. The summed E-state index contributed by atoms with van der Waals surface area (Å²) in [5.74, 6) is -1.12. The first-order chi connectivity index (χ1) is 9.56. The Morgan fingerprint density at radius 1 is 1.20 bits per heavy atom. The van der Waals surface area contributed by atoms with Gasteiger partial charge in [-0.3, -0.25) is 4.79 Å². The quantitative estimate of drug-likeness (QED) is 0.833. The van der Waals surface area contributed by atoms with Gasteiger partial charge in [0.15, 0.2) is 0 Å². The first kappa shape index (κ1) is 12.2. The van der Waals surface area contributed by atoms with Crippen LogP contribution < -0.4 is 10.7 Å². The summed E-state index contributed by atoms with van der Waals surface area (Å²) in [6, 6.07) is 7.13. The van der Waals surface area contributed by atoms with Crippen LogP contribution in [-0.2, 0) is 0 Å². The fraction of sp³-hybridized carbons (Fsp3) is 0.0714. The Hall–Kier alpha value is -2.89. The van der Waals surface area contributed by atoms with Crippen molar-refractivity contribution in [1.82, 2.24) is 5.16 Å². The molecule has 100 valence electrons. The molecule has 6 heteroatoms. The van der Waals surface area contributed by atoms with Crippen LogP contribution in [0.5, 0.6) is 0 Å². The molecule has 0 fully saturated rings. The van der Waals surface area contributed by atoms with Crippen LogP contribution in [0.25, 0.3) is 5.76 Å². The summed E-state index contributed by atoms with van der Waals surface area (Å²) in [4.78, 5) is 27.7. The maximum absolute atomic E-state index is 12.1. The summed E-state index contributed by atoms with van der Waals surface area (Å²) in [5.41, 5.74) is 0.247. The van der Waals surface area contributed by atoms with E-state index in [0.717, 1.165) is 11.6 Å². The maximum Gasteiger partial charge on any atom is 0.369 e. The van der Waals surface area contributed by atoms with Crippen LogP contribution in [0.2, 0.25) is 0 Å². The van der Waals surface area contributed by atoms with Crippen LogP contribution in [0.3, 0.4) is 0 Å². The highest BCUT2D eigenvalue weighted by Gasteiger charge is 2.27. The second-order valence-corrected chi connectivity index (χ2v) is 4.41. The summed E-state index contributed by atoms with van der Waals surface area (Å²) in [5, 5.41) is 13.9. The zero-order chi connectivity index (χ0) is 14.3. The van der Waals surface area contributed by atoms with E-state index in [0.29, 0.717) is 5.69 Å². The molecule has 20 heavy (non-hydrogen) atoms. The number of aromatic nitrogens is 1. The lowest BCUT2D eigenvalue weighted by Gasteiger charge is -2.15. The molecule has 1 aliphatic carbocycles. The molecule has 0 aliphatic heterocycles. The fourth-order valence-corrected chi connectivity index (χ4v) is 1.91. The first-order valence-corrected chi connectivity index (χ1v) is 5.87. The van der Waals surface area contributed by atoms with Crippen molar-refractivity contribution in [3.63, 3.8) is 0 Å². The fourth-order valence-electron chi connectivity index (χ4n) is 1.91. The molecular formula is C14H9N2O4-. The van der Waals surface area contributed by atoms with E-state index in [1.165, 1.54) is 0 Å². The van der Waals surface area contributed by atoms with Crippen molar-refractivity contribution in [2.45, 2.75) is 6.92 Å². The Labute approximate surface area is 113 Å². The van der Waals surface area contributed by atoms with Crippen LogP contribution in [0, 0.1) is 6.92 Å². The lowest BCUT2D eigenvalue weighted by molar-refractivity contribution is -0.244. The number of benzene rings is 1. The van der Waals surface area contributed by atoms with Gasteiger partial charge in [-0.2, -0.15) is 0 Å². The van der Waals surface area contributed by atoms with Gasteiger partial charge in [0.1, 0.15) is 11.3 Å². The van der Waals surface area contributed by atoms with Gasteiger partial charge >= 0.3 is 5.63 Å². The molecule has 0 spiro atoms. The van der Waals surface area contributed by atoms with Crippen LogP contribution in [0.4, 0.5) is 5.69 Å². The van der Waals surface area contributed by atoms with E-state index < -0.39 is 17.2 Å². The average Bonchev–Trinajstić information content (AvgIpc) is 2.81. The van der Waals surface area contributed by atoms with Crippen molar-refractivity contribution in [2.75, 3.05) is 0 Å². The minimum Gasteiger partial charge on any atom is -0.871 e. The number of hydrogen-bond acceptors (Lipinski definition) is 5. The summed E-state index contributed by atoms with van der Waals surface area (Å²) in [6.07, 6.45) is 1.09. The predicted octanol–water partition coefficient (Wildman–Crippen LogP) is 0.947. The van der Waals surface area contributed by atoms with Gasteiger partial charge in [-0.05, 0) is 25.1 Å². The Kier molecular flexibility index (Phi) is 2.64. The molecule has 0 unspecified atom stereocenters. The lowest BCUT2D eigenvalue weighted by atomic mass is 10.00. The van der Waals surface area contributed by atoms with Crippen LogP contribution in [0.1, 0.15) is 21.6 Å². The number of allylic oxidation sites excluding steroid dienone is 1. The van der Waals surface area contributed by atoms with E-state index in [1.807, 2.05) is 19.1 Å². The first-order valence-electron chi connectivity index (χ1n) is 5.87. The van der Waals surface area contributed by atoms with Gasteiger partial charge in [0, 0.05) is 0 Å². The number of nitrogens with one attached hydrogen (secondary N) is 1. The highest BCUT2D eigenvalue weighted by atomic mass is 16.5. The van der Waals surface area contributed by atoms with E-state index in [2.05, 4.69) is 14.7 Å². The van der Waals surface area contributed by atoms with Crippen molar-refractivity contribution < 1.29 is 14.4 Å². The van der Waals surface area contributed by atoms with Crippen molar-refractivity contribution in [1.29, 1.82) is 0 Å². The van der Waals surface area contributed by atoms with Gasteiger partial charge in [0.25, 0.3) is 0 Å². The van der Waals surface area contributed by atoms with E-state index in [-0.39, 0.29) is 17.0 Å². The molecule has 2 aromatic rings. The van der Waals surface area contributed by atoms with Crippen molar-refractivity contribution in [3.05, 3.63) is 57.6 Å². The maximum atomic E-state index is 12.1. The number of H-pyrrole nitrogens is 1. The molecule has 1 heterocycles. The number of carbonyl (C=O) groups is 1. The van der Waals surface area contributed by atoms with Gasteiger partial charge in [-0.25, -0.2) is 14.9 Å². The number of aliphatic imine (C=N–C) groups is 1. The zero-order valence-electron chi connectivity index (χ0n) is 10.5. The Bertz CT molecular complexity index is 806. The number of carbonyl (C=O) groups excluding carboxylic acids is 1. The molecule has 6 nitrogen and oxygen atoms in total.